The normalized spacial score (nSPS) is 9.30. The Morgan fingerprint density at radius 2 is 0.739 bits per heavy atom. The van der Waals surface area contributed by atoms with Gasteiger partial charge in [0.1, 0.15) is 0 Å². The number of carboxylic acids is 4. The molecule has 0 spiro atoms. The zero-order valence-corrected chi connectivity index (χ0v) is 20.9. The Kier molecular flexibility index (Phi) is 26.3. The first kappa shape index (κ1) is 32.5. The minimum absolute atomic E-state index is 0. The third-order valence-electron chi connectivity index (χ3n) is 2.17. The van der Waals surface area contributed by atoms with Crippen molar-refractivity contribution in [2.24, 2.45) is 0 Å². The van der Waals surface area contributed by atoms with E-state index in [1.54, 1.807) is 0 Å². The summed E-state index contributed by atoms with van der Waals surface area (Å²) < 4.78 is 0. The van der Waals surface area contributed by atoms with Crippen molar-refractivity contribution in [2.75, 3.05) is 39.3 Å². The van der Waals surface area contributed by atoms with Crippen LogP contribution in [0.1, 0.15) is 0 Å². The quantitative estimate of drug-likeness (QED) is 0.248. The Morgan fingerprint density at radius 3 is 0.870 bits per heavy atom. The molecule has 0 fully saturated rings. The molecule has 0 aromatic carbocycles. The van der Waals surface area contributed by atoms with E-state index in [1.807, 2.05) is 0 Å². The molecule has 0 radical (unpaired) electrons. The molecule has 0 saturated heterocycles. The molecule has 0 unspecified atom stereocenters. The number of aliphatic carboxylic acids is 4. The summed E-state index contributed by atoms with van der Waals surface area (Å²) in [6.45, 7) is -2.25. The second kappa shape index (κ2) is 18.6. The van der Waals surface area contributed by atoms with Gasteiger partial charge in [-0.05, 0) is 0 Å². The molecule has 0 rings (SSSR count). The molecule has 0 bridgehead atoms. The summed E-state index contributed by atoms with van der Waals surface area (Å²) in [7, 11) is 0. The van der Waals surface area contributed by atoms with Gasteiger partial charge in [-0.3, -0.25) is 29.0 Å². The fourth-order valence-electron chi connectivity index (χ4n) is 1.48. The predicted octanol–water partition coefficient (Wildman–Crippen LogP) is -8.44. The molecule has 23 heavy (non-hydrogen) atoms. The van der Waals surface area contributed by atoms with Crippen LogP contribution in [0.5, 0.6) is 0 Å². The molecule has 0 atom stereocenters. The fraction of sp³-hybridized carbons (Fsp3) is 0.600. The van der Waals surface area contributed by atoms with Crippen LogP contribution in [-0.4, -0.2) is 116 Å². The van der Waals surface area contributed by atoms with Crippen LogP contribution in [0.15, 0.2) is 0 Å². The minimum Gasteiger partial charge on any atom is -0.480 e. The van der Waals surface area contributed by atoms with Gasteiger partial charge in [-0.1, -0.05) is 0 Å². The molecular formula is C10H16K2MgN2O8+4. The maximum atomic E-state index is 10.6. The summed E-state index contributed by atoms with van der Waals surface area (Å²) in [6.07, 6.45) is 0. The molecule has 13 heteroatoms. The van der Waals surface area contributed by atoms with E-state index in [0.717, 1.165) is 9.80 Å². The SMILES string of the molecule is O=C(O)CN(CCN(CC(=O)O)CC(=O)O)CC(=O)O.[K+].[K+].[Mg+2]. The van der Waals surface area contributed by atoms with Crippen molar-refractivity contribution in [3.63, 3.8) is 0 Å². The van der Waals surface area contributed by atoms with E-state index in [1.165, 1.54) is 0 Å². The average Bonchev–Trinajstić information content (AvgIpc) is 2.22. The Hall–Kier alpha value is 1.84. The van der Waals surface area contributed by atoms with Crippen LogP contribution in [0.4, 0.5) is 0 Å². The summed E-state index contributed by atoms with van der Waals surface area (Å²) in [4.78, 5) is 44.4. The molecule has 114 valence electrons. The first-order valence-electron chi connectivity index (χ1n) is 5.52. The van der Waals surface area contributed by atoms with Gasteiger partial charge in [0.2, 0.25) is 0 Å². The minimum atomic E-state index is -1.23. The zero-order chi connectivity index (χ0) is 15.7. The van der Waals surface area contributed by atoms with Gasteiger partial charge >= 0.3 is 150 Å². The van der Waals surface area contributed by atoms with Crippen molar-refractivity contribution >= 4 is 46.9 Å². The van der Waals surface area contributed by atoms with Crippen molar-refractivity contribution in [3.8, 4) is 0 Å². The number of hydrogen-bond acceptors (Lipinski definition) is 6. The smallest absolute Gasteiger partial charge is 0.480 e. The zero-order valence-electron chi connectivity index (χ0n) is 13.3. The van der Waals surface area contributed by atoms with Gasteiger partial charge in [0.25, 0.3) is 0 Å². The molecular weight excluding hydrogens is 379 g/mol. The van der Waals surface area contributed by atoms with Gasteiger partial charge in [-0.15, -0.1) is 0 Å². The monoisotopic (exact) mass is 394 g/mol. The predicted molar refractivity (Wildman–Crippen MR) is 69.2 cm³/mol. The van der Waals surface area contributed by atoms with Crippen LogP contribution in [0.2, 0.25) is 0 Å². The van der Waals surface area contributed by atoms with E-state index in [0.29, 0.717) is 0 Å². The van der Waals surface area contributed by atoms with Crippen LogP contribution in [0, 0.1) is 0 Å². The molecule has 0 amide bonds. The van der Waals surface area contributed by atoms with Crippen LogP contribution in [-0.2, 0) is 19.2 Å². The third kappa shape index (κ3) is 21.8. The van der Waals surface area contributed by atoms with Crippen LogP contribution in [0.25, 0.3) is 0 Å². The first-order valence-corrected chi connectivity index (χ1v) is 5.52. The Morgan fingerprint density at radius 1 is 0.565 bits per heavy atom. The maximum Gasteiger partial charge on any atom is 2.00 e. The Labute approximate surface area is 233 Å². The summed E-state index contributed by atoms with van der Waals surface area (Å²) in [5.74, 6) is -4.91. The van der Waals surface area contributed by atoms with E-state index in [4.69, 9.17) is 20.4 Å². The van der Waals surface area contributed by atoms with E-state index in [9.17, 15) is 19.2 Å². The van der Waals surface area contributed by atoms with E-state index < -0.39 is 50.1 Å². The number of carbonyl (C=O) groups is 4. The van der Waals surface area contributed by atoms with Gasteiger partial charge < -0.3 is 20.4 Å². The summed E-state index contributed by atoms with van der Waals surface area (Å²) in [6, 6.07) is 0. The maximum absolute atomic E-state index is 10.6. The van der Waals surface area contributed by atoms with E-state index >= 15 is 0 Å². The Bertz CT molecular complexity index is 331. The van der Waals surface area contributed by atoms with Gasteiger partial charge in [0, 0.05) is 13.1 Å². The number of rotatable bonds is 11. The average molecular weight is 395 g/mol. The second-order valence-electron chi connectivity index (χ2n) is 4.00. The molecule has 0 aromatic heterocycles. The van der Waals surface area contributed by atoms with Crippen LogP contribution in [0.3, 0.4) is 0 Å². The summed E-state index contributed by atoms with van der Waals surface area (Å²) >= 11 is 0. The van der Waals surface area contributed by atoms with Gasteiger partial charge in [0.15, 0.2) is 0 Å². The van der Waals surface area contributed by atoms with Crippen LogP contribution < -0.4 is 103 Å². The van der Waals surface area contributed by atoms with Gasteiger partial charge in [0.05, 0.1) is 26.2 Å². The molecule has 0 heterocycles. The van der Waals surface area contributed by atoms with Crippen molar-refractivity contribution in [1.82, 2.24) is 9.80 Å². The third-order valence-corrected chi connectivity index (χ3v) is 2.17. The number of carboxylic acid groups (broad SMARTS) is 4. The molecule has 0 aromatic rings. The number of nitrogens with zero attached hydrogens (tertiary/aromatic N) is 2. The first-order chi connectivity index (χ1) is 9.20. The van der Waals surface area contributed by atoms with Crippen molar-refractivity contribution in [1.29, 1.82) is 0 Å². The van der Waals surface area contributed by atoms with E-state index in [-0.39, 0.29) is 139 Å². The molecule has 0 aliphatic carbocycles. The molecule has 0 aliphatic rings. The molecule has 0 aliphatic heterocycles. The largest absolute Gasteiger partial charge is 2.00 e. The standard InChI is InChI=1S/C10H16N2O8.2K.Mg/c13-7(14)3-11(4-8(15)16)1-2-12(5-9(17)18)6-10(19)20;;;/h1-6H2,(H,13,14)(H,15,16)(H,17,18)(H,19,20);;;/q;2*+1;+2. The van der Waals surface area contributed by atoms with E-state index in [2.05, 4.69) is 0 Å². The molecule has 4 N–H and O–H groups in total. The van der Waals surface area contributed by atoms with Crippen molar-refractivity contribution in [2.45, 2.75) is 0 Å². The molecule has 10 nitrogen and oxygen atoms in total. The van der Waals surface area contributed by atoms with Gasteiger partial charge in [-0.25, -0.2) is 0 Å². The van der Waals surface area contributed by atoms with Crippen LogP contribution >= 0.6 is 0 Å². The van der Waals surface area contributed by atoms with Crippen molar-refractivity contribution in [3.05, 3.63) is 0 Å². The molecule has 0 saturated carbocycles. The summed E-state index contributed by atoms with van der Waals surface area (Å²) in [5.41, 5.74) is 0. The number of hydrogen-bond donors (Lipinski definition) is 4. The Balaban J connectivity index is -0.000000602. The second-order valence-corrected chi connectivity index (χ2v) is 4.00. The van der Waals surface area contributed by atoms with Gasteiger partial charge in [-0.2, -0.15) is 0 Å². The fourth-order valence-corrected chi connectivity index (χ4v) is 1.48. The summed E-state index contributed by atoms with van der Waals surface area (Å²) in [5, 5.41) is 34.5. The van der Waals surface area contributed by atoms with Crippen molar-refractivity contribution < 1.29 is 142 Å². The topological polar surface area (TPSA) is 156 Å².